The van der Waals surface area contributed by atoms with Crippen LogP contribution in [0.25, 0.3) is 11.0 Å². The molecule has 0 saturated heterocycles. The first-order valence-corrected chi connectivity index (χ1v) is 6.59. The Balaban J connectivity index is 2.96. The Morgan fingerprint density at radius 3 is 1.72 bits per heavy atom. The van der Waals surface area contributed by atoms with Crippen LogP contribution in [0.1, 0.15) is 53.4 Å². The first-order chi connectivity index (χ1) is 8.34. The van der Waals surface area contributed by atoms with Gasteiger partial charge in [0.2, 0.25) is 0 Å². The van der Waals surface area contributed by atoms with Gasteiger partial charge < -0.3 is 0 Å². The molecule has 0 N–H and O–H groups in total. The highest BCUT2D eigenvalue weighted by Gasteiger charge is 2.16. The molecule has 0 fully saturated rings. The van der Waals surface area contributed by atoms with E-state index in [4.69, 9.17) is 9.97 Å². The van der Waals surface area contributed by atoms with Crippen molar-refractivity contribution in [3.05, 3.63) is 33.6 Å². The second-order valence-electron chi connectivity index (χ2n) is 5.54. The monoisotopic (exact) mass is 242 g/mol. The highest BCUT2D eigenvalue weighted by Crippen LogP contribution is 2.30. The molecule has 96 valence electrons. The van der Waals surface area contributed by atoms with Crippen molar-refractivity contribution in [1.29, 1.82) is 0 Å². The Bertz CT molecular complexity index is 625. The number of rotatable bonds is 1. The van der Waals surface area contributed by atoms with Crippen molar-refractivity contribution in [3.63, 3.8) is 0 Å². The molecule has 0 atom stereocenters. The number of nitrogens with zero attached hydrogens (tertiary/aromatic N) is 2. The minimum atomic E-state index is 0.491. The fourth-order valence-corrected chi connectivity index (χ4v) is 2.81. The molecule has 0 aliphatic rings. The van der Waals surface area contributed by atoms with Crippen molar-refractivity contribution < 1.29 is 0 Å². The van der Waals surface area contributed by atoms with Gasteiger partial charge in [-0.05, 0) is 62.8 Å². The first-order valence-electron chi connectivity index (χ1n) is 6.59. The molecule has 2 nitrogen and oxygen atoms in total. The van der Waals surface area contributed by atoms with Crippen molar-refractivity contribution in [1.82, 2.24) is 9.97 Å². The summed E-state index contributed by atoms with van der Waals surface area (Å²) in [5, 5.41) is 0. The summed E-state index contributed by atoms with van der Waals surface area (Å²) in [7, 11) is 0. The summed E-state index contributed by atoms with van der Waals surface area (Å²) in [6.07, 6.45) is 0. The van der Waals surface area contributed by atoms with Crippen LogP contribution in [0.4, 0.5) is 0 Å². The van der Waals surface area contributed by atoms with E-state index in [1.165, 1.54) is 22.3 Å². The minimum Gasteiger partial charge on any atom is -0.251 e. The van der Waals surface area contributed by atoms with Gasteiger partial charge >= 0.3 is 0 Å². The summed E-state index contributed by atoms with van der Waals surface area (Å²) in [6.45, 7) is 15.1. The molecule has 2 heteroatoms. The molecule has 2 rings (SSSR count). The van der Waals surface area contributed by atoms with Crippen LogP contribution in [-0.2, 0) is 0 Å². The van der Waals surface area contributed by atoms with E-state index in [-0.39, 0.29) is 0 Å². The fourth-order valence-electron chi connectivity index (χ4n) is 2.81. The Kier molecular flexibility index (Phi) is 3.14. The van der Waals surface area contributed by atoms with E-state index in [9.17, 15) is 0 Å². The van der Waals surface area contributed by atoms with Gasteiger partial charge in [0.05, 0.1) is 11.0 Å². The Morgan fingerprint density at radius 2 is 1.17 bits per heavy atom. The largest absolute Gasteiger partial charge is 0.251 e. The number of hydrogen-bond acceptors (Lipinski definition) is 2. The maximum atomic E-state index is 4.80. The second-order valence-corrected chi connectivity index (χ2v) is 5.54. The highest BCUT2D eigenvalue weighted by molar-refractivity contribution is 5.83. The highest BCUT2D eigenvalue weighted by atomic mass is 14.8. The van der Waals surface area contributed by atoms with Crippen molar-refractivity contribution in [2.24, 2.45) is 0 Å². The molecule has 2 aromatic heterocycles. The van der Waals surface area contributed by atoms with Crippen LogP contribution in [0.15, 0.2) is 0 Å². The lowest BCUT2D eigenvalue weighted by Crippen LogP contribution is -2.05. The van der Waals surface area contributed by atoms with E-state index < -0.39 is 0 Å². The number of pyridine rings is 2. The van der Waals surface area contributed by atoms with E-state index in [1.807, 2.05) is 0 Å². The normalized spacial score (nSPS) is 11.6. The third-order valence-electron chi connectivity index (χ3n) is 3.97. The maximum absolute atomic E-state index is 4.80. The molecule has 0 aromatic carbocycles. The van der Waals surface area contributed by atoms with Gasteiger partial charge in [-0.1, -0.05) is 13.8 Å². The SMILES string of the molecule is Cc1nc2c(C)c(C(C)C)c(C)nc2c(C)c1C. The predicted octanol–water partition coefficient (Wildman–Crippen LogP) is 4.30. The zero-order valence-electron chi connectivity index (χ0n) is 12.5. The standard InChI is InChI=1S/C16H22N2/c1-8(2)14-11(5)16-15(18-13(14)7)10(4)9(3)12(6)17-16/h8H,1-7H3. The summed E-state index contributed by atoms with van der Waals surface area (Å²) in [5.41, 5.74) is 9.55. The average Bonchev–Trinajstić information content (AvgIpc) is 2.28. The lowest BCUT2D eigenvalue weighted by molar-refractivity contribution is 0.836. The van der Waals surface area contributed by atoms with Crippen LogP contribution in [0.5, 0.6) is 0 Å². The summed E-state index contributed by atoms with van der Waals surface area (Å²) in [4.78, 5) is 9.55. The minimum absolute atomic E-state index is 0.491. The summed E-state index contributed by atoms with van der Waals surface area (Å²) < 4.78 is 0. The van der Waals surface area contributed by atoms with Crippen LogP contribution >= 0.6 is 0 Å². The number of aromatic nitrogens is 2. The molecular weight excluding hydrogens is 220 g/mol. The molecule has 0 radical (unpaired) electrons. The lowest BCUT2D eigenvalue weighted by Gasteiger charge is -2.17. The average molecular weight is 242 g/mol. The number of aryl methyl sites for hydroxylation is 4. The Morgan fingerprint density at radius 1 is 0.667 bits per heavy atom. The lowest BCUT2D eigenvalue weighted by atomic mass is 9.94. The predicted molar refractivity (Wildman–Crippen MR) is 77.3 cm³/mol. The van der Waals surface area contributed by atoms with Crippen molar-refractivity contribution in [2.45, 2.75) is 54.4 Å². The third-order valence-corrected chi connectivity index (χ3v) is 3.97. The second kappa shape index (κ2) is 4.34. The van der Waals surface area contributed by atoms with Gasteiger partial charge in [0.25, 0.3) is 0 Å². The molecule has 0 amide bonds. The van der Waals surface area contributed by atoms with Gasteiger partial charge in [-0.15, -0.1) is 0 Å². The molecule has 0 aliphatic carbocycles. The summed E-state index contributed by atoms with van der Waals surface area (Å²) in [5.74, 6) is 0.491. The molecule has 0 unspecified atom stereocenters. The van der Waals surface area contributed by atoms with Gasteiger partial charge in [0, 0.05) is 11.4 Å². The van der Waals surface area contributed by atoms with E-state index in [1.54, 1.807) is 0 Å². The number of hydrogen-bond donors (Lipinski definition) is 0. The summed E-state index contributed by atoms with van der Waals surface area (Å²) >= 11 is 0. The zero-order valence-corrected chi connectivity index (χ0v) is 12.5. The third kappa shape index (κ3) is 1.80. The van der Waals surface area contributed by atoms with Crippen LogP contribution in [-0.4, -0.2) is 9.97 Å². The zero-order chi connectivity index (χ0) is 13.6. The van der Waals surface area contributed by atoms with Crippen molar-refractivity contribution in [3.8, 4) is 0 Å². The fraction of sp³-hybridized carbons (Fsp3) is 0.500. The van der Waals surface area contributed by atoms with Gasteiger partial charge in [0.1, 0.15) is 0 Å². The number of fused-ring (bicyclic) bond motifs is 1. The topological polar surface area (TPSA) is 25.8 Å². The van der Waals surface area contributed by atoms with Crippen LogP contribution < -0.4 is 0 Å². The molecule has 0 spiro atoms. The van der Waals surface area contributed by atoms with Crippen molar-refractivity contribution >= 4 is 11.0 Å². The van der Waals surface area contributed by atoms with Crippen molar-refractivity contribution in [2.75, 3.05) is 0 Å². The van der Waals surface area contributed by atoms with Gasteiger partial charge in [-0.2, -0.15) is 0 Å². The quantitative estimate of drug-likeness (QED) is 0.745. The van der Waals surface area contributed by atoms with E-state index in [2.05, 4.69) is 48.5 Å². The van der Waals surface area contributed by atoms with E-state index in [0.29, 0.717) is 5.92 Å². The molecule has 0 aliphatic heterocycles. The van der Waals surface area contributed by atoms with Crippen LogP contribution in [0.2, 0.25) is 0 Å². The van der Waals surface area contributed by atoms with Gasteiger partial charge in [-0.3, -0.25) is 9.97 Å². The smallest absolute Gasteiger partial charge is 0.0925 e. The molecule has 2 aromatic rings. The summed E-state index contributed by atoms with van der Waals surface area (Å²) in [6, 6.07) is 0. The van der Waals surface area contributed by atoms with E-state index in [0.717, 1.165) is 22.4 Å². The molecular formula is C16H22N2. The van der Waals surface area contributed by atoms with Crippen LogP contribution in [0.3, 0.4) is 0 Å². The van der Waals surface area contributed by atoms with Gasteiger partial charge in [0.15, 0.2) is 0 Å². The molecule has 18 heavy (non-hydrogen) atoms. The molecule has 0 bridgehead atoms. The first kappa shape index (κ1) is 13.0. The van der Waals surface area contributed by atoms with Crippen LogP contribution in [0, 0.1) is 34.6 Å². The van der Waals surface area contributed by atoms with Gasteiger partial charge in [-0.25, -0.2) is 0 Å². The molecule has 2 heterocycles. The maximum Gasteiger partial charge on any atom is 0.0925 e. The Hall–Kier alpha value is -1.44. The van der Waals surface area contributed by atoms with E-state index >= 15 is 0 Å². The Labute approximate surface area is 109 Å². The molecule has 0 saturated carbocycles.